The van der Waals surface area contributed by atoms with Crippen LogP contribution in [0, 0.1) is 5.82 Å². The van der Waals surface area contributed by atoms with Gasteiger partial charge in [-0.2, -0.15) is 26.0 Å². The molecule has 0 saturated heterocycles. The van der Waals surface area contributed by atoms with Gasteiger partial charge in [-0.1, -0.05) is 19.6 Å². The SMILES string of the molecule is C[Si](C)(C)CCOCn1c(COS(C)(=O)=O)nc2c(OC(F)(F)C(F)F)cc(F)cc21. The molecule has 2 rings (SSSR count). The predicted molar refractivity (Wildman–Crippen MR) is 105 cm³/mol. The number of hydrogen-bond donors (Lipinski definition) is 0. The number of benzene rings is 1. The fraction of sp³-hybridized carbons (Fsp3) is 0.588. The Morgan fingerprint density at radius 3 is 2.42 bits per heavy atom. The minimum atomic E-state index is -4.89. The van der Waals surface area contributed by atoms with Gasteiger partial charge in [0.2, 0.25) is 0 Å². The quantitative estimate of drug-likeness (QED) is 0.203. The van der Waals surface area contributed by atoms with Crippen LogP contribution in [-0.4, -0.2) is 51.4 Å². The monoisotopic (exact) mass is 490 g/mol. The van der Waals surface area contributed by atoms with Gasteiger partial charge in [0.25, 0.3) is 10.1 Å². The van der Waals surface area contributed by atoms with Crippen molar-refractivity contribution in [3.8, 4) is 5.75 Å². The van der Waals surface area contributed by atoms with Crippen LogP contribution in [0.4, 0.5) is 22.0 Å². The molecular formula is C17H23F5N2O5SSi. The fourth-order valence-corrected chi connectivity index (χ4v) is 3.50. The number of fused-ring (bicyclic) bond motifs is 1. The van der Waals surface area contributed by atoms with Crippen molar-refractivity contribution in [3.05, 3.63) is 23.8 Å². The Hall–Kier alpha value is -1.77. The van der Waals surface area contributed by atoms with Crippen molar-refractivity contribution in [2.45, 2.75) is 51.6 Å². The standard InChI is InChI=1S/C17H23F5N2O5SSi/c1-30(25,26)28-9-14-23-15-12(24(14)10-27-5-6-31(2,3)4)7-11(18)8-13(15)29-17(21,22)16(19)20/h7-8,16H,5-6,9-10H2,1-4H3. The normalized spacial score (nSPS) is 13.4. The summed E-state index contributed by atoms with van der Waals surface area (Å²) in [4.78, 5) is 3.96. The average molecular weight is 491 g/mol. The first kappa shape index (κ1) is 25.5. The van der Waals surface area contributed by atoms with Gasteiger partial charge in [-0.25, -0.2) is 9.37 Å². The van der Waals surface area contributed by atoms with Crippen molar-refractivity contribution in [2.24, 2.45) is 0 Å². The maximum atomic E-state index is 14.1. The molecule has 0 aliphatic rings. The predicted octanol–water partition coefficient (Wildman–Crippen LogP) is 4.20. The number of rotatable bonds is 11. The molecule has 0 spiro atoms. The van der Waals surface area contributed by atoms with Gasteiger partial charge in [0.1, 0.15) is 30.5 Å². The molecule has 31 heavy (non-hydrogen) atoms. The highest BCUT2D eigenvalue weighted by Gasteiger charge is 2.44. The maximum absolute atomic E-state index is 14.1. The van der Waals surface area contributed by atoms with Gasteiger partial charge in [-0.3, -0.25) is 4.18 Å². The third-order valence-corrected chi connectivity index (χ3v) is 6.23. The Morgan fingerprint density at radius 1 is 1.23 bits per heavy atom. The third kappa shape index (κ3) is 7.40. The van der Waals surface area contributed by atoms with Crippen LogP contribution in [0.1, 0.15) is 5.82 Å². The van der Waals surface area contributed by atoms with Gasteiger partial charge in [-0.05, 0) is 6.04 Å². The smallest absolute Gasteiger partial charge is 0.426 e. The van der Waals surface area contributed by atoms with E-state index >= 15 is 0 Å². The number of nitrogens with zero attached hydrogens (tertiary/aromatic N) is 2. The molecule has 0 saturated carbocycles. The van der Waals surface area contributed by atoms with E-state index in [0.717, 1.165) is 18.4 Å². The summed E-state index contributed by atoms with van der Waals surface area (Å²) >= 11 is 0. The van der Waals surface area contributed by atoms with E-state index in [4.69, 9.17) is 8.92 Å². The van der Waals surface area contributed by atoms with Crippen LogP contribution in [0.25, 0.3) is 11.0 Å². The van der Waals surface area contributed by atoms with Crippen LogP contribution in [0.3, 0.4) is 0 Å². The van der Waals surface area contributed by atoms with Gasteiger partial charge in [0.15, 0.2) is 5.75 Å². The molecule has 0 aliphatic heterocycles. The first-order valence-corrected chi connectivity index (χ1v) is 14.6. The van der Waals surface area contributed by atoms with Crippen molar-refractivity contribution >= 4 is 29.2 Å². The molecule has 1 heterocycles. The minimum absolute atomic E-state index is 0.107. The molecule has 0 unspecified atom stereocenters. The molecule has 0 fully saturated rings. The highest BCUT2D eigenvalue weighted by molar-refractivity contribution is 7.85. The highest BCUT2D eigenvalue weighted by atomic mass is 32.2. The molecule has 2 aromatic rings. The second kappa shape index (κ2) is 9.38. The molecule has 0 N–H and O–H groups in total. The first-order chi connectivity index (χ1) is 14.1. The summed E-state index contributed by atoms with van der Waals surface area (Å²) in [5.41, 5.74) is -0.484. The lowest BCUT2D eigenvalue weighted by Gasteiger charge is -2.17. The van der Waals surface area contributed by atoms with Crippen molar-refractivity contribution in [1.29, 1.82) is 0 Å². The van der Waals surface area contributed by atoms with Crippen LogP contribution >= 0.6 is 0 Å². The molecule has 0 bridgehead atoms. The lowest BCUT2D eigenvalue weighted by Crippen LogP contribution is -2.33. The van der Waals surface area contributed by atoms with E-state index in [1.807, 2.05) is 0 Å². The van der Waals surface area contributed by atoms with Crippen LogP contribution in [0.5, 0.6) is 5.75 Å². The Bertz CT molecular complexity index is 1020. The van der Waals surface area contributed by atoms with E-state index in [0.29, 0.717) is 12.7 Å². The summed E-state index contributed by atoms with van der Waals surface area (Å²) in [5.74, 6) is -2.09. The van der Waals surface area contributed by atoms with Crippen LogP contribution in [-0.2, 0) is 32.4 Å². The molecule has 0 radical (unpaired) electrons. The number of imidazole rings is 1. The van der Waals surface area contributed by atoms with E-state index in [2.05, 4.69) is 29.4 Å². The van der Waals surface area contributed by atoms with Crippen LogP contribution < -0.4 is 4.74 Å². The molecule has 0 amide bonds. The number of hydrogen-bond acceptors (Lipinski definition) is 6. The van der Waals surface area contributed by atoms with Crippen molar-refractivity contribution in [3.63, 3.8) is 0 Å². The summed E-state index contributed by atoms with van der Waals surface area (Å²) in [5, 5.41) is 0. The minimum Gasteiger partial charge on any atom is -0.426 e. The Balaban J connectivity index is 2.46. The number of ether oxygens (including phenoxy) is 2. The summed E-state index contributed by atoms with van der Waals surface area (Å²) in [7, 11) is -5.32. The zero-order valence-corrected chi connectivity index (χ0v) is 19.1. The summed E-state index contributed by atoms with van der Waals surface area (Å²) in [6, 6.07) is 2.20. The molecule has 0 atom stereocenters. The number of alkyl halides is 4. The fourth-order valence-electron chi connectivity index (χ4n) is 2.42. The zero-order valence-electron chi connectivity index (χ0n) is 17.3. The van der Waals surface area contributed by atoms with Gasteiger partial charge in [0, 0.05) is 26.8 Å². The second-order valence-corrected chi connectivity index (χ2v) is 15.3. The van der Waals surface area contributed by atoms with E-state index in [1.165, 1.54) is 4.57 Å². The molecule has 1 aromatic heterocycles. The molecule has 1 aromatic carbocycles. The zero-order chi connectivity index (χ0) is 23.6. The Labute approximate surface area is 177 Å². The molecule has 0 aliphatic carbocycles. The number of halogens is 5. The average Bonchev–Trinajstić information content (AvgIpc) is 2.93. The summed E-state index contributed by atoms with van der Waals surface area (Å²) in [6.07, 6.45) is -8.25. The highest BCUT2D eigenvalue weighted by Crippen LogP contribution is 2.34. The molecule has 176 valence electrons. The molecular weight excluding hydrogens is 467 g/mol. The second-order valence-electron chi connectivity index (χ2n) is 8.01. The topological polar surface area (TPSA) is 79.7 Å². The van der Waals surface area contributed by atoms with Crippen LogP contribution in [0.2, 0.25) is 25.7 Å². The summed E-state index contributed by atoms with van der Waals surface area (Å²) < 4.78 is 104. The van der Waals surface area contributed by atoms with Gasteiger partial charge < -0.3 is 14.0 Å². The first-order valence-electron chi connectivity index (χ1n) is 9.05. The molecule has 7 nitrogen and oxygen atoms in total. The van der Waals surface area contributed by atoms with Crippen LogP contribution in [0.15, 0.2) is 12.1 Å². The third-order valence-electron chi connectivity index (χ3n) is 3.98. The summed E-state index contributed by atoms with van der Waals surface area (Å²) in [6.45, 7) is 5.86. The van der Waals surface area contributed by atoms with Crippen molar-refractivity contribution < 1.29 is 44.0 Å². The van der Waals surface area contributed by atoms with Gasteiger partial charge >= 0.3 is 12.5 Å². The van der Waals surface area contributed by atoms with Crippen molar-refractivity contribution in [2.75, 3.05) is 12.9 Å². The lowest BCUT2D eigenvalue weighted by atomic mass is 10.3. The largest absolute Gasteiger partial charge is 0.461 e. The lowest BCUT2D eigenvalue weighted by molar-refractivity contribution is -0.252. The Morgan fingerprint density at radius 2 is 1.87 bits per heavy atom. The van der Waals surface area contributed by atoms with E-state index in [-0.39, 0.29) is 23.6 Å². The van der Waals surface area contributed by atoms with E-state index in [9.17, 15) is 30.4 Å². The van der Waals surface area contributed by atoms with Crippen molar-refractivity contribution in [1.82, 2.24) is 9.55 Å². The Kier molecular flexibility index (Phi) is 7.71. The molecule has 14 heteroatoms. The van der Waals surface area contributed by atoms with Gasteiger partial charge in [-0.15, -0.1) is 0 Å². The number of aromatic nitrogens is 2. The van der Waals surface area contributed by atoms with E-state index in [1.54, 1.807) is 0 Å². The van der Waals surface area contributed by atoms with Gasteiger partial charge in [0.05, 0.1) is 11.8 Å². The maximum Gasteiger partial charge on any atom is 0.461 e. The van der Waals surface area contributed by atoms with E-state index < -0.39 is 48.9 Å².